The van der Waals surface area contributed by atoms with Crippen LogP contribution in [0, 0.1) is 0 Å². The van der Waals surface area contributed by atoms with Crippen LogP contribution in [0.25, 0.3) is 66.8 Å². The molecule has 5 heterocycles. The first-order chi connectivity index (χ1) is 56.7. The van der Waals surface area contributed by atoms with Crippen molar-refractivity contribution < 1.29 is 19.1 Å². The SMILES string of the molecule is C=C(C)C(=O)Oc1ccc(-c2ccc3c(c2)Sc2cc(-c4ccc5c(c4)Sc4cc(-c6ccc7c(c6)Sc6cc(-c8ccc9c(c8)Sc8cc(-c%10ccc%11c(c%10)Sc%10cc(-c%12ccc(OC(=O)C(=C)C)cc%12)ccc%10N%11CCCC)ccc8N9CCCC)ccc6N7CCCCCC)ccc4N5CCCC)ccc2N3CCCC)cc1. The van der Waals surface area contributed by atoms with Gasteiger partial charge in [0.1, 0.15) is 11.5 Å². The third kappa shape index (κ3) is 16.0. The van der Waals surface area contributed by atoms with Crippen LogP contribution in [0.1, 0.15) is 126 Å². The van der Waals surface area contributed by atoms with E-state index in [1.807, 2.05) is 107 Å². The van der Waals surface area contributed by atoms with Gasteiger partial charge in [-0.1, -0.05) is 236 Å². The van der Waals surface area contributed by atoms with E-state index in [1.165, 1.54) is 170 Å². The van der Waals surface area contributed by atoms with E-state index in [1.54, 1.807) is 13.8 Å². The molecule has 9 nitrogen and oxygen atoms in total. The summed E-state index contributed by atoms with van der Waals surface area (Å²) in [6, 6.07) is 86.3. The summed E-state index contributed by atoms with van der Waals surface area (Å²) >= 11 is 9.43. The van der Waals surface area contributed by atoms with Gasteiger partial charge in [0.25, 0.3) is 0 Å². The van der Waals surface area contributed by atoms with Crippen LogP contribution in [0.3, 0.4) is 0 Å². The van der Waals surface area contributed by atoms with E-state index in [9.17, 15) is 9.59 Å². The maximum atomic E-state index is 12.3. The molecule has 0 N–H and O–H groups in total. The van der Waals surface area contributed by atoms with E-state index < -0.39 is 11.9 Å². The standard InChI is InChI=1S/C102H97N5O4S5/c1-10-15-20-21-54-107-89-48-34-77(75-32-46-87-97(61-75)114-95-59-73(30-44-85(95)105(87)52-18-13-4)71-28-42-83-93(57-71)112-91-55-69(26-40-81(91)103(83)50-16-11-2)67-22-36-79(37-23-67)110-101(108)65(6)7)63-99(89)116-100-64-78(35-49-90(100)107)76-33-47-88-98(62-76)115-96-60-74(31-45-86(96)106(88)53-19-14-5)72-29-43-84-94(58-72)113-92-56-70(27-41-82(92)104(84)51-17-12-3)68-24-38-80(39-25-68)111-102(109)66(8)9/h22-49,55-64H,6,8,10-21,50-54H2,1-5,7,9H3. The molecule has 0 radical (unpaired) electrons. The molecule has 116 heavy (non-hydrogen) atoms. The third-order valence-electron chi connectivity index (χ3n) is 22.6. The maximum Gasteiger partial charge on any atom is 0.338 e. The number of hydrogen-bond acceptors (Lipinski definition) is 14. The number of rotatable bonds is 27. The van der Waals surface area contributed by atoms with Crippen molar-refractivity contribution in [2.24, 2.45) is 0 Å². The van der Waals surface area contributed by atoms with Gasteiger partial charge in [-0.05, 0) is 258 Å². The Labute approximate surface area is 706 Å². The Kier molecular flexibility index (Phi) is 23.3. The summed E-state index contributed by atoms with van der Waals surface area (Å²) in [5.74, 6) is 0.168. The summed E-state index contributed by atoms with van der Waals surface area (Å²) in [4.78, 5) is 50.0. The number of fused-ring (bicyclic) bond motifs is 10. The minimum absolute atomic E-state index is 0.371. The first-order valence-electron chi connectivity index (χ1n) is 41.3. The molecule has 5 aliphatic rings. The second-order valence-electron chi connectivity index (χ2n) is 31.0. The molecular weight excluding hydrogens is 1520 g/mol. The van der Waals surface area contributed by atoms with Crippen LogP contribution in [0.15, 0.2) is 304 Å². The fourth-order valence-corrected chi connectivity index (χ4v) is 22.1. The normalized spacial score (nSPS) is 13.2. The number of unbranched alkanes of at least 4 members (excludes halogenated alkanes) is 7. The van der Waals surface area contributed by atoms with Crippen LogP contribution in [-0.4, -0.2) is 44.7 Å². The fourth-order valence-electron chi connectivity index (χ4n) is 16.2. The Bertz CT molecular complexity index is 5470. The molecule has 5 aliphatic heterocycles. The number of carbonyl (C=O) groups excluding carboxylic acids is 2. The zero-order chi connectivity index (χ0) is 79.7. The lowest BCUT2D eigenvalue weighted by atomic mass is 10.0. The minimum atomic E-state index is -0.422. The van der Waals surface area contributed by atoms with Crippen LogP contribution >= 0.6 is 58.8 Å². The third-order valence-corrected chi connectivity index (χ3v) is 28.1. The summed E-state index contributed by atoms with van der Waals surface area (Å²) < 4.78 is 11.1. The number of carbonyl (C=O) groups is 2. The monoisotopic (exact) mass is 1620 g/mol. The van der Waals surface area contributed by atoms with E-state index in [0.29, 0.717) is 22.6 Å². The van der Waals surface area contributed by atoms with Gasteiger partial charge in [-0.15, -0.1) is 0 Å². The van der Waals surface area contributed by atoms with Gasteiger partial charge in [-0.2, -0.15) is 0 Å². The molecule has 0 bridgehead atoms. The van der Waals surface area contributed by atoms with Crippen molar-refractivity contribution in [3.05, 3.63) is 255 Å². The first-order valence-corrected chi connectivity index (χ1v) is 45.4. The average molecular weight is 1620 g/mol. The number of hydrogen-bond donors (Lipinski definition) is 0. The topological polar surface area (TPSA) is 68.8 Å². The molecule has 0 saturated heterocycles. The molecule has 14 heteroatoms. The van der Waals surface area contributed by atoms with Crippen molar-refractivity contribution in [2.75, 3.05) is 57.2 Å². The Morgan fingerprint density at radius 2 is 0.414 bits per heavy atom. The minimum Gasteiger partial charge on any atom is -0.423 e. The van der Waals surface area contributed by atoms with Crippen LogP contribution in [0.5, 0.6) is 11.5 Å². The number of nitrogens with zero attached hydrogens (tertiary/aromatic N) is 5. The predicted octanol–water partition coefficient (Wildman–Crippen LogP) is 30.4. The molecule has 0 aliphatic carbocycles. The molecule has 0 saturated carbocycles. The summed E-state index contributed by atoms with van der Waals surface area (Å²) in [6.45, 7) is 27.0. The molecule has 0 atom stereocenters. The lowest BCUT2D eigenvalue weighted by Gasteiger charge is -2.35. The molecule has 0 spiro atoms. The van der Waals surface area contributed by atoms with Crippen molar-refractivity contribution in [1.82, 2.24) is 0 Å². The number of benzene rings is 12. The van der Waals surface area contributed by atoms with Gasteiger partial charge in [-0.25, -0.2) is 9.59 Å². The van der Waals surface area contributed by atoms with E-state index in [0.717, 1.165) is 113 Å². The summed E-state index contributed by atoms with van der Waals surface area (Å²) in [5, 5.41) is 0. The van der Waals surface area contributed by atoms with Crippen LogP contribution in [0.2, 0.25) is 0 Å². The molecule has 0 aromatic heterocycles. The fraction of sp³-hybridized carbons (Fsp3) is 0.235. The van der Waals surface area contributed by atoms with Crippen molar-refractivity contribution in [3.63, 3.8) is 0 Å². The van der Waals surface area contributed by atoms with E-state index in [2.05, 4.69) is 254 Å². The molecular formula is C102H97N5O4S5. The number of anilines is 10. The van der Waals surface area contributed by atoms with Gasteiger partial charge >= 0.3 is 11.9 Å². The van der Waals surface area contributed by atoms with E-state index in [4.69, 9.17) is 9.47 Å². The second kappa shape index (κ2) is 34.5. The van der Waals surface area contributed by atoms with Crippen molar-refractivity contribution in [2.45, 2.75) is 174 Å². The summed E-state index contributed by atoms with van der Waals surface area (Å²) in [5.41, 5.74) is 27.5. The first kappa shape index (κ1) is 78.3. The molecule has 12 aromatic carbocycles. The maximum absolute atomic E-state index is 12.3. The second-order valence-corrected chi connectivity index (χ2v) is 36.4. The highest BCUT2D eigenvalue weighted by Gasteiger charge is 2.32. The quantitative estimate of drug-likeness (QED) is 0.0212. The van der Waals surface area contributed by atoms with Crippen molar-refractivity contribution in [1.29, 1.82) is 0 Å². The van der Waals surface area contributed by atoms with Crippen LogP contribution < -0.4 is 34.0 Å². The lowest BCUT2D eigenvalue weighted by Crippen LogP contribution is -2.22. The highest BCUT2D eigenvalue weighted by atomic mass is 32.2. The van der Waals surface area contributed by atoms with Gasteiger partial charge in [0.05, 0.1) is 56.9 Å². The number of esters is 2. The highest BCUT2D eigenvalue weighted by molar-refractivity contribution is 8.00. The largest absolute Gasteiger partial charge is 0.423 e. The van der Waals surface area contributed by atoms with Crippen LogP contribution in [0.4, 0.5) is 56.9 Å². The van der Waals surface area contributed by atoms with E-state index in [-0.39, 0.29) is 0 Å². The summed E-state index contributed by atoms with van der Waals surface area (Å²) in [7, 11) is 0. The Morgan fingerprint density at radius 1 is 0.241 bits per heavy atom. The Balaban J connectivity index is 0.636. The number of ether oxygens (including phenoxy) is 2. The molecule has 0 fully saturated rings. The zero-order valence-electron chi connectivity index (χ0n) is 67.3. The summed E-state index contributed by atoms with van der Waals surface area (Å²) in [6.07, 6.45) is 13.6. The predicted molar refractivity (Wildman–Crippen MR) is 492 cm³/mol. The van der Waals surface area contributed by atoms with E-state index >= 15 is 0 Å². The molecule has 12 aromatic rings. The van der Waals surface area contributed by atoms with Crippen molar-refractivity contribution >= 4 is 128 Å². The van der Waals surface area contributed by atoms with Gasteiger partial charge < -0.3 is 34.0 Å². The van der Waals surface area contributed by atoms with Gasteiger partial charge in [0, 0.05) is 92.8 Å². The molecule has 17 rings (SSSR count). The molecule has 0 amide bonds. The smallest absolute Gasteiger partial charge is 0.338 e. The average Bonchev–Trinajstić information content (AvgIpc) is 0.757. The lowest BCUT2D eigenvalue weighted by molar-refractivity contribution is -0.130. The van der Waals surface area contributed by atoms with Gasteiger partial charge in [-0.3, -0.25) is 0 Å². The Hall–Kier alpha value is -10.2. The molecule has 0 unspecified atom stereocenters. The highest BCUT2D eigenvalue weighted by Crippen LogP contribution is 2.58. The molecule has 584 valence electrons. The van der Waals surface area contributed by atoms with Gasteiger partial charge in [0.2, 0.25) is 0 Å². The van der Waals surface area contributed by atoms with Gasteiger partial charge in [0.15, 0.2) is 0 Å². The Morgan fingerprint density at radius 3 is 0.595 bits per heavy atom. The van der Waals surface area contributed by atoms with Crippen molar-refractivity contribution in [3.8, 4) is 78.3 Å². The van der Waals surface area contributed by atoms with Crippen LogP contribution in [-0.2, 0) is 9.59 Å². The zero-order valence-corrected chi connectivity index (χ0v) is 71.4.